The Morgan fingerprint density at radius 3 is 3.04 bits per heavy atom. The van der Waals surface area contributed by atoms with Gasteiger partial charge in [0.1, 0.15) is 5.82 Å². The normalized spacial score (nSPS) is 19.2. The molecule has 0 aliphatic carbocycles. The van der Waals surface area contributed by atoms with Crippen molar-refractivity contribution in [3.63, 3.8) is 0 Å². The Labute approximate surface area is 147 Å². The summed E-state index contributed by atoms with van der Waals surface area (Å²) in [6, 6.07) is 7.08. The van der Waals surface area contributed by atoms with E-state index in [-0.39, 0.29) is 18.4 Å². The molecule has 134 valence electrons. The minimum Gasteiger partial charge on any atom is -0.480 e. The highest BCUT2D eigenvalue weighted by Gasteiger charge is 2.22. The maximum atomic E-state index is 13.9. The molecule has 1 aliphatic heterocycles. The van der Waals surface area contributed by atoms with E-state index in [4.69, 9.17) is 5.11 Å². The van der Waals surface area contributed by atoms with Gasteiger partial charge in [0.15, 0.2) is 0 Å². The lowest BCUT2D eigenvalue weighted by Crippen LogP contribution is -2.36. The summed E-state index contributed by atoms with van der Waals surface area (Å²) in [6.45, 7) is 2.55. The Bertz CT molecular complexity index is 753. The van der Waals surface area contributed by atoms with Gasteiger partial charge in [-0.25, -0.2) is 4.39 Å². The second-order valence-corrected chi connectivity index (χ2v) is 6.81. The molecule has 0 saturated carbocycles. The van der Waals surface area contributed by atoms with Crippen LogP contribution in [0, 0.1) is 5.82 Å². The van der Waals surface area contributed by atoms with Gasteiger partial charge in [0.25, 0.3) is 0 Å². The monoisotopic (exact) mass is 345 g/mol. The average Bonchev–Trinajstić information content (AvgIpc) is 2.80. The van der Waals surface area contributed by atoms with Crippen molar-refractivity contribution in [1.82, 2.24) is 14.8 Å². The van der Waals surface area contributed by atoms with Crippen molar-refractivity contribution in [2.24, 2.45) is 0 Å². The smallest absolute Gasteiger partial charge is 0.317 e. The predicted molar refractivity (Wildman–Crippen MR) is 94.9 cm³/mol. The van der Waals surface area contributed by atoms with Gasteiger partial charge in [-0.1, -0.05) is 6.07 Å². The van der Waals surface area contributed by atoms with Crippen molar-refractivity contribution < 1.29 is 14.3 Å². The molecule has 1 aromatic heterocycles. The van der Waals surface area contributed by atoms with Crippen molar-refractivity contribution in [1.29, 1.82) is 0 Å². The summed E-state index contributed by atoms with van der Waals surface area (Å²) in [6.07, 6.45) is 4.66. The van der Waals surface area contributed by atoms with Crippen LogP contribution in [0.4, 0.5) is 4.39 Å². The van der Waals surface area contributed by atoms with Crippen LogP contribution >= 0.6 is 0 Å². The van der Waals surface area contributed by atoms with E-state index in [9.17, 15) is 9.18 Å². The number of carboxylic acid groups (broad SMARTS) is 1. The summed E-state index contributed by atoms with van der Waals surface area (Å²) in [5.41, 5.74) is 1.76. The van der Waals surface area contributed by atoms with Crippen LogP contribution in [-0.4, -0.2) is 58.6 Å². The van der Waals surface area contributed by atoms with Crippen LogP contribution in [0.25, 0.3) is 10.9 Å². The molecule has 0 amide bonds. The fourth-order valence-electron chi connectivity index (χ4n) is 3.67. The summed E-state index contributed by atoms with van der Waals surface area (Å²) >= 11 is 0. The van der Waals surface area contributed by atoms with Gasteiger partial charge in [-0.2, -0.15) is 0 Å². The number of halogens is 1. The van der Waals surface area contributed by atoms with Crippen molar-refractivity contribution in [2.75, 3.05) is 26.7 Å². The van der Waals surface area contributed by atoms with Crippen LogP contribution < -0.4 is 0 Å². The van der Waals surface area contributed by atoms with E-state index in [1.807, 2.05) is 24.1 Å². The van der Waals surface area contributed by atoms with Crippen LogP contribution in [0.2, 0.25) is 0 Å². The first-order chi connectivity index (χ1) is 12.0. The third-order valence-corrected chi connectivity index (χ3v) is 4.94. The van der Waals surface area contributed by atoms with Crippen LogP contribution in [0.5, 0.6) is 0 Å². The summed E-state index contributed by atoms with van der Waals surface area (Å²) in [4.78, 5) is 19.6. The molecular weight excluding hydrogens is 321 g/mol. The third kappa shape index (κ3) is 4.52. The molecule has 0 bridgehead atoms. The number of hydrogen-bond acceptors (Lipinski definition) is 4. The molecule has 2 aromatic rings. The second kappa shape index (κ2) is 7.89. The summed E-state index contributed by atoms with van der Waals surface area (Å²) in [5, 5.41) is 9.79. The highest BCUT2D eigenvalue weighted by Crippen LogP contribution is 2.22. The lowest BCUT2D eigenvalue weighted by molar-refractivity contribution is -0.138. The molecule has 5 nitrogen and oxygen atoms in total. The van der Waals surface area contributed by atoms with Crippen LogP contribution in [0.15, 0.2) is 30.5 Å². The molecule has 25 heavy (non-hydrogen) atoms. The Balaban J connectivity index is 1.69. The van der Waals surface area contributed by atoms with Gasteiger partial charge in [0, 0.05) is 24.2 Å². The molecule has 2 heterocycles. The SMILES string of the molecule is CN(CC(=O)O)[C@@H]1CCCN(Cc2cc(F)cc3cccnc23)CC1. The zero-order valence-electron chi connectivity index (χ0n) is 14.5. The molecule has 3 rings (SSSR count). The van der Waals surface area contributed by atoms with E-state index in [1.165, 1.54) is 6.07 Å². The summed E-state index contributed by atoms with van der Waals surface area (Å²) in [7, 11) is 1.87. The van der Waals surface area contributed by atoms with E-state index >= 15 is 0 Å². The van der Waals surface area contributed by atoms with Gasteiger partial charge in [0.05, 0.1) is 12.1 Å². The quantitative estimate of drug-likeness (QED) is 0.903. The topological polar surface area (TPSA) is 56.7 Å². The Morgan fingerprint density at radius 2 is 2.24 bits per heavy atom. The highest BCUT2D eigenvalue weighted by atomic mass is 19.1. The number of hydrogen-bond donors (Lipinski definition) is 1. The molecule has 6 heteroatoms. The number of fused-ring (bicyclic) bond motifs is 1. The number of benzene rings is 1. The Morgan fingerprint density at radius 1 is 1.40 bits per heavy atom. The average molecular weight is 345 g/mol. The molecule has 1 atom stereocenters. The van der Waals surface area contributed by atoms with Crippen LogP contribution in [0.3, 0.4) is 0 Å². The number of carbonyl (C=O) groups is 1. The first kappa shape index (κ1) is 17.8. The number of rotatable bonds is 5. The van der Waals surface area contributed by atoms with Gasteiger partial charge in [-0.15, -0.1) is 0 Å². The van der Waals surface area contributed by atoms with Crippen LogP contribution in [-0.2, 0) is 11.3 Å². The summed E-state index contributed by atoms with van der Waals surface area (Å²) in [5.74, 6) is -1.02. The number of aromatic nitrogens is 1. The largest absolute Gasteiger partial charge is 0.480 e. The zero-order chi connectivity index (χ0) is 17.8. The number of pyridine rings is 1. The van der Waals surface area contributed by atoms with Crippen molar-refractivity contribution >= 4 is 16.9 Å². The molecule has 0 unspecified atom stereocenters. The van der Waals surface area contributed by atoms with Gasteiger partial charge >= 0.3 is 5.97 Å². The molecule has 0 radical (unpaired) electrons. The number of carboxylic acids is 1. The molecule has 1 aliphatic rings. The zero-order valence-corrected chi connectivity index (χ0v) is 14.5. The van der Waals surface area contributed by atoms with Gasteiger partial charge in [-0.05, 0) is 63.2 Å². The molecular formula is C19H24FN3O2. The third-order valence-electron chi connectivity index (χ3n) is 4.94. The number of likely N-dealkylation sites (N-methyl/N-ethyl adjacent to an activating group) is 1. The standard InChI is InChI=1S/C19H24FN3O2/c1-22(13-18(24)25)17-5-3-8-23(9-6-17)12-15-11-16(20)10-14-4-2-7-21-19(14)15/h2,4,7,10-11,17H,3,5-6,8-9,12-13H2,1H3,(H,24,25)/t17-/m1/s1. The van der Waals surface area contributed by atoms with E-state index in [1.54, 1.807) is 12.3 Å². The Hall–Kier alpha value is -2.05. The van der Waals surface area contributed by atoms with Crippen molar-refractivity contribution in [2.45, 2.75) is 31.8 Å². The minimum atomic E-state index is -0.791. The lowest BCUT2D eigenvalue weighted by Gasteiger charge is -2.25. The Kier molecular flexibility index (Phi) is 5.60. The van der Waals surface area contributed by atoms with Crippen LogP contribution in [0.1, 0.15) is 24.8 Å². The fourth-order valence-corrected chi connectivity index (χ4v) is 3.67. The maximum absolute atomic E-state index is 13.9. The van der Waals surface area contributed by atoms with E-state index in [0.29, 0.717) is 6.54 Å². The number of likely N-dealkylation sites (tertiary alicyclic amines) is 1. The van der Waals surface area contributed by atoms with E-state index in [2.05, 4.69) is 9.88 Å². The summed E-state index contributed by atoms with van der Waals surface area (Å²) < 4.78 is 13.9. The highest BCUT2D eigenvalue weighted by molar-refractivity contribution is 5.81. The fraction of sp³-hybridized carbons (Fsp3) is 0.474. The molecule has 1 fully saturated rings. The van der Waals surface area contributed by atoms with Crippen molar-refractivity contribution in [3.8, 4) is 0 Å². The first-order valence-corrected chi connectivity index (χ1v) is 8.70. The predicted octanol–water partition coefficient (Wildman–Crippen LogP) is 2.74. The van der Waals surface area contributed by atoms with Gasteiger partial charge < -0.3 is 5.11 Å². The molecule has 1 N–H and O–H groups in total. The molecule has 1 saturated heterocycles. The van der Waals surface area contributed by atoms with Gasteiger partial charge in [-0.3, -0.25) is 19.6 Å². The van der Waals surface area contributed by atoms with E-state index < -0.39 is 5.97 Å². The molecule has 0 spiro atoms. The minimum absolute atomic E-state index is 0.0725. The molecule has 1 aromatic carbocycles. The second-order valence-electron chi connectivity index (χ2n) is 6.81. The van der Waals surface area contributed by atoms with Gasteiger partial charge in [0.2, 0.25) is 0 Å². The lowest BCUT2D eigenvalue weighted by atomic mass is 10.1. The first-order valence-electron chi connectivity index (χ1n) is 8.70. The number of nitrogens with zero attached hydrogens (tertiary/aromatic N) is 3. The maximum Gasteiger partial charge on any atom is 0.317 e. The number of aliphatic carboxylic acids is 1. The van der Waals surface area contributed by atoms with Crippen molar-refractivity contribution in [3.05, 3.63) is 41.8 Å². The van der Waals surface area contributed by atoms with E-state index in [0.717, 1.165) is 48.8 Å².